The summed E-state index contributed by atoms with van der Waals surface area (Å²) in [5.41, 5.74) is 5.04. The van der Waals surface area contributed by atoms with Gasteiger partial charge in [-0.05, 0) is 6.92 Å². The largest absolute Gasteiger partial charge is 0.465 e. The monoisotopic (exact) mass is 199 g/mol. The van der Waals surface area contributed by atoms with Crippen LogP contribution in [0.2, 0.25) is 0 Å². The molecule has 0 aromatic carbocycles. The predicted molar refractivity (Wildman–Crippen MR) is 39.8 cm³/mol. The molecule has 0 fully saturated rings. The van der Waals surface area contributed by atoms with Gasteiger partial charge in [0.1, 0.15) is 6.04 Å². The third-order valence-corrected chi connectivity index (χ3v) is 1.61. The van der Waals surface area contributed by atoms with Gasteiger partial charge in [0.2, 0.25) is 0 Å². The molecule has 2 atom stereocenters. The number of alkyl halides is 3. The molecule has 0 saturated heterocycles. The summed E-state index contributed by atoms with van der Waals surface area (Å²) in [6, 6.07) is -1.64. The molecule has 0 amide bonds. The summed E-state index contributed by atoms with van der Waals surface area (Å²) in [6.45, 7) is 2.38. The van der Waals surface area contributed by atoms with Crippen LogP contribution in [0.3, 0.4) is 0 Å². The Labute approximate surface area is 74.0 Å². The fourth-order valence-corrected chi connectivity index (χ4v) is 0.646. The van der Waals surface area contributed by atoms with Crippen LogP contribution in [0.25, 0.3) is 0 Å². The Morgan fingerprint density at radius 3 is 2.31 bits per heavy atom. The molecule has 0 rings (SSSR count). The second-order valence-corrected chi connectivity index (χ2v) is 2.61. The normalized spacial score (nSPS) is 16.5. The summed E-state index contributed by atoms with van der Waals surface area (Å²) in [6.07, 6.45) is -4.47. The van der Waals surface area contributed by atoms with Crippen molar-refractivity contribution in [3.05, 3.63) is 0 Å². The fraction of sp³-hybridized carbons (Fsp3) is 0.857. The van der Waals surface area contributed by atoms with Gasteiger partial charge >= 0.3 is 12.1 Å². The molecule has 3 nitrogen and oxygen atoms in total. The first-order valence-corrected chi connectivity index (χ1v) is 3.79. The van der Waals surface area contributed by atoms with Gasteiger partial charge in [-0.1, -0.05) is 6.92 Å². The summed E-state index contributed by atoms with van der Waals surface area (Å²) in [4.78, 5) is 10.8. The zero-order valence-electron chi connectivity index (χ0n) is 7.39. The van der Waals surface area contributed by atoms with Crippen molar-refractivity contribution < 1.29 is 22.7 Å². The Bertz CT molecular complexity index is 181. The molecule has 0 bridgehead atoms. The van der Waals surface area contributed by atoms with E-state index < -0.39 is 24.1 Å². The first kappa shape index (κ1) is 12.2. The van der Waals surface area contributed by atoms with Crippen LogP contribution in [0.4, 0.5) is 13.2 Å². The van der Waals surface area contributed by atoms with Crippen molar-refractivity contribution in [3.63, 3.8) is 0 Å². The molecular weight excluding hydrogens is 187 g/mol. The quantitative estimate of drug-likeness (QED) is 0.692. The zero-order valence-corrected chi connectivity index (χ0v) is 7.39. The summed E-state index contributed by atoms with van der Waals surface area (Å²) >= 11 is 0. The Morgan fingerprint density at radius 1 is 1.54 bits per heavy atom. The van der Waals surface area contributed by atoms with E-state index in [4.69, 9.17) is 5.73 Å². The van der Waals surface area contributed by atoms with Crippen LogP contribution in [-0.2, 0) is 9.53 Å². The van der Waals surface area contributed by atoms with Crippen molar-refractivity contribution in [2.45, 2.75) is 26.1 Å². The highest BCUT2D eigenvalue weighted by atomic mass is 19.4. The summed E-state index contributed by atoms with van der Waals surface area (Å²) < 4.78 is 40.4. The van der Waals surface area contributed by atoms with E-state index in [1.807, 2.05) is 0 Å². The summed E-state index contributed by atoms with van der Waals surface area (Å²) in [5.74, 6) is -2.90. The van der Waals surface area contributed by atoms with Gasteiger partial charge in [-0.25, -0.2) is 0 Å². The number of carbonyl (C=O) groups excluding carboxylic acids is 1. The molecule has 0 radical (unpaired) electrons. The molecule has 6 heteroatoms. The average Bonchev–Trinajstić information content (AvgIpc) is 2.00. The molecule has 0 aliphatic rings. The van der Waals surface area contributed by atoms with E-state index in [0.717, 1.165) is 6.92 Å². The molecule has 2 N–H and O–H groups in total. The van der Waals surface area contributed by atoms with Crippen LogP contribution >= 0.6 is 0 Å². The van der Waals surface area contributed by atoms with Gasteiger partial charge in [-0.15, -0.1) is 0 Å². The van der Waals surface area contributed by atoms with E-state index in [1.165, 1.54) is 6.92 Å². The molecule has 0 saturated carbocycles. The molecule has 78 valence electrons. The van der Waals surface area contributed by atoms with E-state index in [2.05, 4.69) is 4.74 Å². The number of hydrogen-bond acceptors (Lipinski definition) is 3. The number of esters is 1. The minimum absolute atomic E-state index is 0.0249. The SMILES string of the molecule is CCOC(=O)C(N)C(C)C(F)(F)F. The van der Waals surface area contributed by atoms with Crippen LogP contribution < -0.4 is 5.73 Å². The molecule has 0 aliphatic heterocycles. The number of rotatable bonds is 3. The van der Waals surface area contributed by atoms with Crippen LogP contribution in [-0.4, -0.2) is 24.8 Å². The second kappa shape index (κ2) is 4.45. The lowest BCUT2D eigenvalue weighted by molar-refractivity contribution is -0.184. The predicted octanol–water partition coefficient (Wildman–Crippen LogP) is 1.08. The zero-order chi connectivity index (χ0) is 10.6. The van der Waals surface area contributed by atoms with Crippen LogP contribution in [0.15, 0.2) is 0 Å². The van der Waals surface area contributed by atoms with Crippen molar-refractivity contribution >= 4 is 5.97 Å². The van der Waals surface area contributed by atoms with E-state index in [1.54, 1.807) is 0 Å². The van der Waals surface area contributed by atoms with Crippen molar-refractivity contribution in [3.8, 4) is 0 Å². The lowest BCUT2D eigenvalue weighted by Gasteiger charge is -2.20. The highest BCUT2D eigenvalue weighted by Crippen LogP contribution is 2.27. The smallest absolute Gasteiger partial charge is 0.393 e. The highest BCUT2D eigenvalue weighted by molar-refractivity contribution is 5.75. The van der Waals surface area contributed by atoms with Crippen LogP contribution in [0.1, 0.15) is 13.8 Å². The highest BCUT2D eigenvalue weighted by Gasteiger charge is 2.43. The van der Waals surface area contributed by atoms with E-state index in [9.17, 15) is 18.0 Å². The van der Waals surface area contributed by atoms with Crippen molar-refractivity contribution in [2.24, 2.45) is 11.7 Å². The van der Waals surface area contributed by atoms with Crippen molar-refractivity contribution in [2.75, 3.05) is 6.61 Å². The molecule has 2 unspecified atom stereocenters. The topological polar surface area (TPSA) is 52.3 Å². The third kappa shape index (κ3) is 3.63. The van der Waals surface area contributed by atoms with Gasteiger partial charge in [-0.3, -0.25) is 4.79 Å². The van der Waals surface area contributed by atoms with Gasteiger partial charge < -0.3 is 10.5 Å². The average molecular weight is 199 g/mol. The lowest BCUT2D eigenvalue weighted by atomic mass is 10.0. The molecule has 0 aromatic rings. The Kier molecular flexibility index (Phi) is 4.19. The van der Waals surface area contributed by atoms with E-state index >= 15 is 0 Å². The minimum Gasteiger partial charge on any atom is -0.465 e. The Balaban J connectivity index is 4.25. The fourth-order valence-electron chi connectivity index (χ4n) is 0.646. The number of halogens is 3. The number of carbonyl (C=O) groups is 1. The molecule has 0 aliphatic carbocycles. The standard InChI is InChI=1S/C7H12F3NO2/c1-3-13-6(12)5(11)4(2)7(8,9)10/h4-5H,3,11H2,1-2H3. The molecule has 0 spiro atoms. The third-order valence-electron chi connectivity index (χ3n) is 1.61. The Hall–Kier alpha value is -0.780. The molecule has 0 aromatic heterocycles. The number of hydrogen-bond donors (Lipinski definition) is 1. The van der Waals surface area contributed by atoms with Crippen molar-refractivity contribution in [1.82, 2.24) is 0 Å². The molecular formula is C7H12F3NO2. The van der Waals surface area contributed by atoms with Crippen LogP contribution in [0.5, 0.6) is 0 Å². The maximum atomic E-state index is 12.0. The summed E-state index contributed by atoms with van der Waals surface area (Å²) in [7, 11) is 0. The van der Waals surface area contributed by atoms with Gasteiger partial charge in [-0.2, -0.15) is 13.2 Å². The van der Waals surface area contributed by atoms with E-state index in [-0.39, 0.29) is 6.61 Å². The molecule has 13 heavy (non-hydrogen) atoms. The minimum atomic E-state index is -4.47. The van der Waals surface area contributed by atoms with Gasteiger partial charge in [0, 0.05) is 0 Å². The maximum absolute atomic E-state index is 12.0. The van der Waals surface area contributed by atoms with Crippen LogP contribution in [0, 0.1) is 5.92 Å². The van der Waals surface area contributed by atoms with Gasteiger partial charge in [0.15, 0.2) is 0 Å². The summed E-state index contributed by atoms with van der Waals surface area (Å²) in [5, 5.41) is 0. The van der Waals surface area contributed by atoms with Crippen molar-refractivity contribution in [1.29, 1.82) is 0 Å². The first-order chi connectivity index (χ1) is 5.80. The van der Waals surface area contributed by atoms with Gasteiger partial charge in [0.05, 0.1) is 12.5 Å². The van der Waals surface area contributed by atoms with E-state index in [0.29, 0.717) is 0 Å². The maximum Gasteiger partial charge on any atom is 0.393 e. The first-order valence-electron chi connectivity index (χ1n) is 3.79. The molecule has 0 heterocycles. The number of ether oxygens (including phenoxy) is 1. The second-order valence-electron chi connectivity index (χ2n) is 2.61. The van der Waals surface area contributed by atoms with Gasteiger partial charge in [0.25, 0.3) is 0 Å². The number of nitrogens with two attached hydrogens (primary N) is 1. The lowest BCUT2D eigenvalue weighted by Crippen LogP contribution is -2.44. The Morgan fingerprint density at radius 2 is 2.00 bits per heavy atom.